The highest BCUT2D eigenvalue weighted by Gasteiger charge is 2.21. The molecule has 20 heavy (non-hydrogen) atoms. The number of hydrogen-bond acceptors (Lipinski definition) is 5. The Morgan fingerprint density at radius 1 is 1.50 bits per heavy atom. The minimum atomic E-state index is 0.119. The second kappa shape index (κ2) is 5.76. The fourth-order valence-corrected chi connectivity index (χ4v) is 2.53. The third kappa shape index (κ3) is 2.62. The number of nitrogens with one attached hydrogen (secondary N) is 1. The van der Waals surface area contributed by atoms with E-state index in [0.717, 1.165) is 55.3 Å². The topological polar surface area (TPSA) is 77.5 Å². The highest BCUT2D eigenvalue weighted by Crippen LogP contribution is 2.28. The third-order valence-electron chi connectivity index (χ3n) is 3.52. The molecule has 1 aliphatic rings. The Balaban J connectivity index is 1.92. The molecule has 3 heterocycles. The molecule has 6 nitrogen and oxygen atoms in total. The van der Waals surface area contributed by atoms with Crippen LogP contribution in [0.1, 0.15) is 36.8 Å². The first-order valence-electron chi connectivity index (χ1n) is 7.21. The maximum atomic E-state index is 5.70. The van der Waals surface area contributed by atoms with E-state index in [1.54, 1.807) is 0 Å². The van der Waals surface area contributed by atoms with E-state index in [1.165, 1.54) is 0 Å². The first-order valence-corrected chi connectivity index (χ1v) is 7.21. The molecular weight excluding hydrogens is 254 g/mol. The van der Waals surface area contributed by atoms with Gasteiger partial charge >= 0.3 is 0 Å². The van der Waals surface area contributed by atoms with Crippen molar-refractivity contribution in [2.24, 2.45) is 5.73 Å². The lowest BCUT2D eigenvalue weighted by Gasteiger charge is -2.08. The van der Waals surface area contributed by atoms with Crippen LogP contribution in [0.4, 0.5) is 5.82 Å². The fraction of sp³-hybridized carbons (Fsp3) is 0.571. The van der Waals surface area contributed by atoms with Crippen LogP contribution in [0.2, 0.25) is 0 Å². The number of nitrogens with two attached hydrogens (primary N) is 1. The Morgan fingerprint density at radius 2 is 2.40 bits per heavy atom. The van der Waals surface area contributed by atoms with Gasteiger partial charge in [-0.1, -0.05) is 0 Å². The molecule has 1 aliphatic heterocycles. The molecule has 108 valence electrons. The molecule has 1 unspecified atom stereocenters. The van der Waals surface area contributed by atoms with Crippen LogP contribution >= 0.6 is 0 Å². The molecular formula is C14H21N5O. The predicted molar refractivity (Wildman–Crippen MR) is 77.8 cm³/mol. The van der Waals surface area contributed by atoms with Crippen molar-refractivity contribution in [1.29, 1.82) is 0 Å². The standard InChI is InChI=1S/C14H21N5O/c1-10-8-13(16-6-3-5-15)19-14(17-10)9-11(18-19)12-4-2-7-20-12/h8-9,12,16H,2-7,15H2,1H3. The van der Waals surface area contributed by atoms with E-state index in [1.807, 2.05) is 23.6 Å². The highest BCUT2D eigenvalue weighted by atomic mass is 16.5. The fourth-order valence-electron chi connectivity index (χ4n) is 2.53. The molecule has 6 heteroatoms. The molecule has 0 aliphatic carbocycles. The molecule has 1 saturated heterocycles. The largest absolute Gasteiger partial charge is 0.372 e. The molecule has 2 aromatic heterocycles. The van der Waals surface area contributed by atoms with E-state index in [4.69, 9.17) is 10.5 Å². The van der Waals surface area contributed by atoms with E-state index in [-0.39, 0.29) is 6.10 Å². The summed E-state index contributed by atoms with van der Waals surface area (Å²) in [6, 6.07) is 4.03. The van der Waals surface area contributed by atoms with Gasteiger partial charge in [-0.05, 0) is 32.7 Å². The van der Waals surface area contributed by atoms with Gasteiger partial charge in [-0.15, -0.1) is 0 Å². The van der Waals surface area contributed by atoms with Gasteiger partial charge in [0.25, 0.3) is 0 Å². The van der Waals surface area contributed by atoms with E-state index in [9.17, 15) is 0 Å². The van der Waals surface area contributed by atoms with Gasteiger partial charge < -0.3 is 15.8 Å². The summed E-state index contributed by atoms with van der Waals surface area (Å²) >= 11 is 0. The van der Waals surface area contributed by atoms with Gasteiger partial charge in [0.15, 0.2) is 5.65 Å². The van der Waals surface area contributed by atoms with Gasteiger partial charge in [0.1, 0.15) is 11.9 Å². The van der Waals surface area contributed by atoms with Crippen molar-refractivity contribution in [3.8, 4) is 0 Å². The van der Waals surface area contributed by atoms with Crippen LogP contribution in [0.15, 0.2) is 12.1 Å². The summed E-state index contributed by atoms with van der Waals surface area (Å²) in [5.74, 6) is 0.963. The number of aromatic nitrogens is 3. The van der Waals surface area contributed by atoms with Gasteiger partial charge in [-0.25, -0.2) is 4.98 Å². The molecule has 0 spiro atoms. The van der Waals surface area contributed by atoms with Crippen LogP contribution < -0.4 is 11.1 Å². The van der Waals surface area contributed by atoms with Crippen LogP contribution in [-0.4, -0.2) is 34.3 Å². The summed E-state index contributed by atoms with van der Waals surface area (Å²) in [7, 11) is 0. The molecule has 2 aromatic rings. The van der Waals surface area contributed by atoms with Gasteiger partial charge in [0, 0.05) is 31.0 Å². The van der Waals surface area contributed by atoms with Gasteiger partial charge in [-0.3, -0.25) is 0 Å². The van der Waals surface area contributed by atoms with E-state index in [2.05, 4.69) is 15.4 Å². The Bertz CT molecular complexity index is 589. The first-order chi connectivity index (χ1) is 9.78. The van der Waals surface area contributed by atoms with Gasteiger partial charge in [-0.2, -0.15) is 9.61 Å². The average molecular weight is 275 g/mol. The van der Waals surface area contributed by atoms with Crippen molar-refractivity contribution in [2.75, 3.05) is 25.0 Å². The van der Waals surface area contributed by atoms with Crippen LogP contribution in [0, 0.1) is 6.92 Å². The normalized spacial score (nSPS) is 18.8. The summed E-state index contributed by atoms with van der Waals surface area (Å²) in [4.78, 5) is 4.54. The minimum absolute atomic E-state index is 0.119. The zero-order valence-corrected chi connectivity index (χ0v) is 11.8. The van der Waals surface area contributed by atoms with Crippen LogP contribution in [-0.2, 0) is 4.74 Å². The lowest BCUT2D eigenvalue weighted by molar-refractivity contribution is 0.108. The smallest absolute Gasteiger partial charge is 0.157 e. The van der Waals surface area contributed by atoms with Crippen molar-refractivity contribution in [3.63, 3.8) is 0 Å². The first kappa shape index (κ1) is 13.3. The second-order valence-electron chi connectivity index (χ2n) is 5.19. The molecule has 1 atom stereocenters. The maximum absolute atomic E-state index is 5.70. The average Bonchev–Trinajstić information content (AvgIpc) is 3.06. The van der Waals surface area contributed by atoms with Crippen molar-refractivity contribution in [2.45, 2.75) is 32.3 Å². The highest BCUT2D eigenvalue weighted by molar-refractivity contribution is 5.50. The number of hydrogen-bond donors (Lipinski definition) is 2. The quantitative estimate of drug-likeness (QED) is 0.811. The Morgan fingerprint density at radius 3 is 3.15 bits per heavy atom. The molecule has 3 rings (SSSR count). The summed E-state index contributed by atoms with van der Waals surface area (Å²) in [6.07, 6.45) is 3.20. The number of ether oxygens (including phenoxy) is 1. The Kier molecular flexibility index (Phi) is 3.84. The van der Waals surface area contributed by atoms with E-state index < -0.39 is 0 Å². The summed E-state index contributed by atoms with van der Waals surface area (Å²) in [5, 5.41) is 8.02. The minimum Gasteiger partial charge on any atom is -0.372 e. The molecule has 0 radical (unpaired) electrons. The number of nitrogens with zero attached hydrogens (tertiary/aromatic N) is 3. The second-order valence-corrected chi connectivity index (χ2v) is 5.19. The van der Waals surface area contributed by atoms with Crippen LogP contribution in [0.3, 0.4) is 0 Å². The molecule has 1 fully saturated rings. The molecule has 0 saturated carbocycles. The van der Waals surface area contributed by atoms with Crippen molar-refractivity contribution >= 4 is 11.5 Å². The SMILES string of the molecule is Cc1cc(NCCCN)n2nc(C3CCCO3)cc2n1. The third-order valence-corrected chi connectivity index (χ3v) is 3.52. The molecule has 0 aromatic carbocycles. The Hall–Kier alpha value is -1.66. The van der Waals surface area contributed by atoms with Crippen molar-refractivity contribution < 1.29 is 4.74 Å². The zero-order chi connectivity index (χ0) is 13.9. The summed E-state index contributed by atoms with van der Waals surface area (Å²) in [6.45, 7) is 4.34. The number of aryl methyl sites for hydroxylation is 1. The van der Waals surface area contributed by atoms with Crippen LogP contribution in [0.5, 0.6) is 0 Å². The lowest BCUT2D eigenvalue weighted by Crippen LogP contribution is -2.12. The predicted octanol–water partition coefficient (Wildman–Crippen LogP) is 1.65. The van der Waals surface area contributed by atoms with Gasteiger partial charge in [0.2, 0.25) is 0 Å². The van der Waals surface area contributed by atoms with E-state index >= 15 is 0 Å². The maximum Gasteiger partial charge on any atom is 0.157 e. The number of anilines is 1. The molecule has 0 amide bonds. The number of rotatable bonds is 5. The van der Waals surface area contributed by atoms with Crippen molar-refractivity contribution in [3.05, 3.63) is 23.5 Å². The summed E-state index contributed by atoms with van der Waals surface area (Å²) < 4.78 is 7.56. The molecule has 3 N–H and O–H groups in total. The summed E-state index contributed by atoms with van der Waals surface area (Å²) in [5.41, 5.74) is 8.35. The van der Waals surface area contributed by atoms with Gasteiger partial charge in [0.05, 0.1) is 5.69 Å². The zero-order valence-electron chi connectivity index (χ0n) is 11.8. The van der Waals surface area contributed by atoms with Crippen molar-refractivity contribution in [1.82, 2.24) is 14.6 Å². The lowest BCUT2D eigenvalue weighted by atomic mass is 10.2. The molecule has 0 bridgehead atoms. The Labute approximate surface area is 118 Å². The van der Waals surface area contributed by atoms with Crippen LogP contribution in [0.25, 0.3) is 5.65 Å². The van der Waals surface area contributed by atoms with E-state index in [0.29, 0.717) is 6.54 Å². The monoisotopic (exact) mass is 275 g/mol. The number of fused-ring (bicyclic) bond motifs is 1.